The molecule has 0 bridgehead atoms. The first-order valence-corrected chi connectivity index (χ1v) is 9.84. The van der Waals surface area contributed by atoms with Crippen LogP contribution in [-0.4, -0.2) is 42.1 Å². The van der Waals surface area contributed by atoms with Crippen LogP contribution in [0.25, 0.3) is 0 Å². The summed E-state index contributed by atoms with van der Waals surface area (Å²) in [6.45, 7) is -0.740. The van der Waals surface area contributed by atoms with Crippen molar-refractivity contribution in [3.8, 4) is 0 Å². The lowest BCUT2D eigenvalue weighted by Crippen LogP contribution is -2.31. The van der Waals surface area contributed by atoms with Gasteiger partial charge < -0.3 is 14.2 Å². The van der Waals surface area contributed by atoms with Crippen LogP contribution in [0.1, 0.15) is 31.1 Å². The molecule has 0 unspecified atom stereocenters. The predicted molar refractivity (Wildman–Crippen MR) is 116 cm³/mol. The highest BCUT2D eigenvalue weighted by Gasteiger charge is 2.21. The fraction of sp³-hybridized carbons (Fsp3) is 0.125. The number of hydrogen-bond acceptors (Lipinski definition) is 8. The fourth-order valence-corrected chi connectivity index (χ4v) is 2.71. The monoisotopic (exact) mass is 449 g/mol. The van der Waals surface area contributed by atoms with E-state index in [0.717, 1.165) is 0 Å². The van der Waals surface area contributed by atoms with E-state index < -0.39 is 35.5 Å². The van der Waals surface area contributed by atoms with Crippen molar-refractivity contribution in [2.45, 2.75) is 6.10 Å². The van der Waals surface area contributed by atoms with E-state index in [9.17, 15) is 24.5 Å². The highest BCUT2D eigenvalue weighted by molar-refractivity contribution is 5.91. The van der Waals surface area contributed by atoms with E-state index in [4.69, 9.17) is 14.2 Å². The third kappa shape index (κ3) is 6.73. The summed E-state index contributed by atoms with van der Waals surface area (Å²) in [4.78, 5) is 47.1. The largest absolute Gasteiger partial charge is 0.458 e. The molecule has 0 amide bonds. The second-order valence-electron chi connectivity index (χ2n) is 6.76. The van der Waals surface area contributed by atoms with Crippen LogP contribution >= 0.6 is 0 Å². The van der Waals surface area contributed by atoms with Gasteiger partial charge in [0.05, 0.1) is 21.6 Å². The van der Waals surface area contributed by atoms with Crippen molar-refractivity contribution < 1.29 is 33.5 Å². The molecule has 0 saturated heterocycles. The van der Waals surface area contributed by atoms with Gasteiger partial charge in [0.15, 0.2) is 6.10 Å². The number of nitro benzene ring substituents is 1. The van der Waals surface area contributed by atoms with Crippen molar-refractivity contribution >= 4 is 23.6 Å². The minimum Gasteiger partial charge on any atom is -0.458 e. The summed E-state index contributed by atoms with van der Waals surface area (Å²) >= 11 is 0. The maximum atomic E-state index is 12.4. The molecule has 0 radical (unpaired) electrons. The van der Waals surface area contributed by atoms with Gasteiger partial charge in [0.2, 0.25) is 0 Å². The van der Waals surface area contributed by atoms with Crippen LogP contribution in [-0.2, 0) is 14.2 Å². The second kappa shape index (κ2) is 11.2. The molecular weight excluding hydrogens is 430 g/mol. The summed E-state index contributed by atoms with van der Waals surface area (Å²) in [5, 5.41) is 10.7. The van der Waals surface area contributed by atoms with Crippen LogP contribution in [0.5, 0.6) is 0 Å². The molecule has 0 saturated carbocycles. The van der Waals surface area contributed by atoms with Crippen LogP contribution in [0.15, 0.2) is 84.9 Å². The van der Waals surface area contributed by atoms with Crippen molar-refractivity contribution in [1.82, 2.24) is 0 Å². The Morgan fingerprint density at radius 1 is 0.667 bits per heavy atom. The Balaban J connectivity index is 1.65. The van der Waals surface area contributed by atoms with E-state index >= 15 is 0 Å². The van der Waals surface area contributed by atoms with Crippen LogP contribution in [0.2, 0.25) is 0 Å². The first-order valence-electron chi connectivity index (χ1n) is 9.84. The van der Waals surface area contributed by atoms with Gasteiger partial charge in [0, 0.05) is 12.1 Å². The Bertz CT molecular complexity index is 1110. The molecule has 0 heterocycles. The van der Waals surface area contributed by atoms with E-state index in [1.165, 1.54) is 24.3 Å². The zero-order chi connectivity index (χ0) is 23.6. The molecule has 0 aliphatic heterocycles. The van der Waals surface area contributed by atoms with Crippen LogP contribution in [0.4, 0.5) is 5.69 Å². The number of benzene rings is 3. The third-order valence-corrected chi connectivity index (χ3v) is 4.41. The molecule has 3 aromatic rings. The summed E-state index contributed by atoms with van der Waals surface area (Å²) in [6.07, 6.45) is -1.08. The van der Waals surface area contributed by atoms with Gasteiger partial charge >= 0.3 is 17.9 Å². The molecule has 9 heteroatoms. The van der Waals surface area contributed by atoms with E-state index in [1.807, 2.05) is 0 Å². The van der Waals surface area contributed by atoms with Gasteiger partial charge in [-0.15, -0.1) is 0 Å². The number of rotatable bonds is 9. The Kier molecular flexibility index (Phi) is 7.85. The van der Waals surface area contributed by atoms with Gasteiger partial charge in [-0.3, -0.25) is 10.1 Å². The summed E-state index contributed by atoms with van der Waals surface area (Å²) < 4.78 is 15.8. The molecule has 0 fully saturated rings. The summed E-state index contributed by atoms with van der Waals surface area (Å²) in [7, 11) is 0. The summed E-state index contributed by atoms with van der Waals surface area (Å²) in [5.41, 5.74) is 0.496. The molecule has 3 rings (SSSR count). The lowest BCUT2D eigenvalue weighted by Gasteiger charge is -2.18. The van der Waals surface area contributed by atoms with Crippen LogP contribution in [0.3, 0.4) is 0 Å². The van der Waals surface area contributed by atoms with E-state index in [1.54, 1.807) is 60.7 Å². The first kappa shape index (κ1) is 23.1. The smallest absolute Gasteiger partial charge is 0.338 e. The Morgan fingerprint density at radius 3 is 1.55 bits per heavy atom. The van der Waals surface area contributed by atoms with Gasteiger partial charge in [0.25, 0.3) is 5.69 Å². The fourth-order valence-electron chi connectivity index (χ4n) is 2.71. The topological polar surface area (TPSA) is 122 Å². The molecule has 1 atom stereocenters. The van der Waals surface area contributed by atoms with Crippen molar-refractivity contribution in [1.29, 1.82) is 0 Å². The lowest BCUT2D eigenvalue weighted by atomic mass is 10.2. The molecule has 0 spiro atoms. The zero-order valence-corrected chi connectivity index (χ0v) is 17.3. The molecule has 0 aliphatic rings. The molecule has 9 nitrogen and oxygen atoms in total. The Hall–Kier alpha value is -4.53. The number of carbonyl (C=O) groups excluding carboxylic acids is 3. The number of esters is 3. The number of nitro groups is 1. The van der Waals surface area contributed by atoms with Crippen molar-refractivity contribution in [2.75, 3.05) is 13.2 Å². The highest BCUT2D eigenvalue weighted by Crippen LogP contribution is 2.13. The highest BCUT2D eigenvalue weighted by atomic mass is 16.6. The number of ether oxygens (including phenoxy) is 3. The quantitative estimate of drug-likeness (QED) is 0.209. The van der Waals surface area contributed by atoms with Gasteiger partial charge in [-0.25, -0.2) is 14.4 Å². The third-order valence-electron chi connectivity index (χ3n) is 4.41. The Labute approximate surface area is 188 Å². The lowest BCUT2D eigenvalue weighted by molar-refractivity contribution is -0.384. The number of carbonyl (C=O) groups is 3. The minimum atomic E-state index is -1.08. The summed E-state index contributed by atoms with van der Waals surface area (Å²) in [6, 6.07) is 21.3. The number of nitrogens with zero attached hydrogens (tertiary/aromatic N) is 1. The van der Waals surface area contributed by atoms with Crippen LogP contribution in [0, 0.1) is 10.1 Å². The van der Waals surface area contributed by atoms with E-state index in [-0.39, 0.29) is 23.4 Å². The summed E-state index contributed by atoms with van der Waals surface area (Å²) in [5.74, 6) is -2.08. The van der Waals surface area contributed by atoms with Gasteiger partial charge in [-0.1, -0.05) is 36.4 Å². The Morgan fingerprint density at radius 2 is 1.09 bits per heavy atom. The zero-order valence-electron chi connectivity index (χ0n) is 17.3. The standard InChI is InChI=1S/C24H19NO8/c26-22(17-7-3-1-4-8-17)31-15-21(33-24(28)18-9-5-2-6-10-18)16-32-23(27)19-11-13-20(14-12-19)25(29)30/h1-14,21H,15-16H2/t21-/m0/s1. The second-order valence-corrected chi connectivity index (χ2v) is 6.76. The average Bonchev–Trinajstić information content (AvgIpc) is 2.86. The molecule has 0 aliphatic carbocycles. The number of hydrogen-bond donors (Lipinski definition) is 0. The maximum absolute atomic E-state index is 12.4. The van der Waals surface area contributed by atoms with Gasteiger partial charge in [-0.2, -0.15) is 0 Å². The van der Waals surface area contributed by atoms with E-state index in [0.29, 0.717) is 5.56 Å². The number of non-ortho nitro benzene ring substituents is 1. The molecule has 3 aromatic carbocycles. The van der Waals surface area contributed by atoms with Crippen molar-refractivity contribution in [3.05, 3.63) is 112 Å². The van der Waals surface area contributed by atoms with Gasteiger partial charge in [-0.05, 0) is 36.4 Å². The molecule has 0 N–H and O–H groups in total. The van der Waals surface area contributed by atoms with Crippen LogP contribution < -0.4 is 0 Å². The SMILES string of the molecule is O=C(OC[C@@H](COC(=O)c1ccc([N+](=O)[O-])cc1)OC(=O)c1ccccc1)c1ccccc1. The van der Waals surface area contributed by atoms with Crippen molar-refractivity contribution in [3.63, 3.8) is 0 Å². The van der Waals surface area contributed by atoms with Gasteiger partial charge in [0.1, 0.15) is 13.2 Å². The first-order chi connectivity index (χ1) is 15.9. The molecule has 168 valence electrons. The normalized spacial score (nSPS) is 11.2. The molecule has 33 heavy (non-hydrogen) atoms. The molecular formula is C24H19NO8. The minimum absolute atomic E-state index is 0.0787. The maximum Gasteiger partial charge on any atom is 0.338 e. The average molecular weight is 449 g/mol. The van der Waals surface area contributed by atoms with E-state index in [2.05, 4.69) is 0 Å². The molecule has 0 aromatic heterocycles. The van der Waals surface area contributed by atoms with Crippen molar-refractivity contribution in [2.24, 2.45) is 0 Å². The predicted octanol–water partition coefficient (Wildman–Crippen LogP) is 3.83.